The number of hydrogen-bond acceptors (Lipinski definition) is 1. The van der Waals surface area contributed by atoms with Crippen molar-refractivity contribution in [1.29, 1.82) is 0 Å². The Morgan fingerprint density at radius 1 is 0.941 bits per heavy atom. The van der Waals surface area contributed by atoms with Gasteiger partial charge in [0.25, 0.3) is 0 Å². The molecule has 2 aromatic carbocycles. The maximum atomic E-state index is 3.56. The Labute approximate surface area is 102 Å². The van der Waals surface area contributed by atoms with Gasteiger partial charge in [0.1, 0.15) is 0 Å². The van der Waals surface area contributed by atoms with Gasteiger partial charge in [-0.2, -0.15) is 0 Å². The van der Waals surface area contributed by atoms with Gasteiger partial charge in [0.2, 0.25) is 0 Å². The Morgan fingerprint density at radius 3 is 2.65 bits per heavy atom. The molecule has 0 saturated heterocycles. The zero-order valence-corrected chi connectivity index (χ0v) is 10.2. The SMILES string of the molecule is Cc1ccccc1-c1cccc2c1NCCC2. The van der Waals surface area contributed by atoms with E-state index in [1.807, 2.05) is 0 Å². The first-order chi connectivity index (χ1) is 8.36. The van der Waals surface area contributed by atoms with Crippen LogP contribution < -0.4 is 5.32 Å². The molecule has 0 radical (unpaired) electrons. The van der Waals surface area contributed by atoms with Crippen molar-refractivity contribution in [3.05, 3.63) is 53.6 Å². The van der Waals surface area contributed by atoms with Gasteiger partial charge < -0.3 is 5.32 Å². The number of fused-ring (bicyclic) bond motifs is 1. The van der Waals surface area contributed by atoms with E-state index in [9.17, 15) is 0 Å². The van der Waals surface area contributed by atoms with Crippen molar-refractivity contribution in [2.24, 2.45) is 0 Å². The molecule has 3 rings (SSSR count). The summed E-state index contributed by atoms with van der Waals surface area (Å²) in [5, 5.41) is 3.56. The Balaban J connectivity index is 2.18. The van der Waals surface area contributed by atoms with Gasteiger partial charge in [-0.3, -0.25) is 0 Å². The van der Waals surface area contributed by atoms with Crippen LogP contribution in [0.3, 0.4) is 0 Å². The summed E-state index contributed by atoms with van der Waals surface area (Å²) in [5.74, 6) is 0. The topological polar surface area (TPSA) is 12.0 Å². The number of aryl methyl sites for hydroxylation is 2. The highest BCUT2D eigenvalue weighted by molar-refractivity contribution is 5.82. The Hall–Kier alpha value is -1.76. The molecule has 2 aromatic rings. The fourth-order valence-electron chi connectivity index (χ4n) is 2.61. The van der Waals surface area contributed by atoms with E-state index in [1.165, 1.54) is 40.8 Å². The lowest BCUT2D eigenvalue weighted by molar-refractivity contribution is 0.831. The van der Waals surface area contributed by atoms with Crippen molar-refractivity contribution < 1.29 is 0 Å². The van der Waals surface area contributed by atoms with Crippen LogP contribution in [0.2, 0.25) is 0 Å². The number of para-hydroxylation sites is 1. The second-order valence-electron chi connectivity index (χ2n) is 4.68. The fourth-order valence-corrected chi connectivity index (χ4v) is 2.61. The van der Waals surface area contributed by atoms with Gasteiger partial charge in [-0.1, -0.05) is 42.5 Å². The van der Waals surface area contributed by atoms with Gasteiger partial charge >= 0.3 is 0 Å². The molecule has 17 heavy (non-hydrogen) atoms. The van der Waals surface area contributed by atoms with E-state index in [2.05, 4.69) is 54.7 Å². The summed E-state index contributed by atoms with van der Waals surface area (Å²) < 4.78 is 0. The highest BCUT2D eigenvalue weighted by Gasteiger charge is 2.13. The van der Waals surface area contributed by atoms with Crippen LogP contribution in [0.15, 0.2) is 42.5 Å². The second-order valence-corrected chi connectivity index (χ2v) is 4.68. The van der Waals surface area contributed by atoms with Gasteiger partial charge in [0, 0.05) is 17.8 Å². The van der Waals surface area contributed by atoms with Gasteiger partial charge in [-0.25, -0.2) is 0 Å². The molecule has 0 amide bonds. The zero-order valence-electron chi connectivity index (χ0n) is 10.2. The molecule has 1 aliphatic heterocycles. The van der Waals surface area contributed by atoms with Crippen LogP contribution in [-0.2, 0) is 6.42 Å². The van der Waals surface area contributed by atoms with E-state index in [0.29, 0.717) is 0 Å². The maximum absolute atomic E-state index is 3.56. The van der Waals surface area contributed by atoms with Crippen LogP contribution in [0.5, 0.6) is 0 Å². The summed E-state index contributed by atoms with van der Waals surface area (Å²) in [5.41, 5.74) is 6.83. The van der Waals surface area contributed by atoms with Crippen LogP contribution in [0.1, 0.15) is 17.5 Å². The Morgan fingerprint density at radius 2 is 1.76 bits per heavy atom. The Bertz CT molecular complexity index is 543. The quantitative estimate of drug-likeness (QED) is 0.770. The minimum Gasteiger partial charge on any atom is -0.384 e. The molecule has 0 bridgehead atoms. The molecule has 1 heterocycles. The van der Waals surface area contributed by atoms with Crippen molar-refractivity contribution in [2.75, 3.05) is 11.9 Å². The molecule has 1 heteroatoms. The van der Waals surface area contributed by atoms with E-state index >= 15 is 0 Å². The molecule has 0 aliphatic carbocycles. The molecule has 1 N–H and O–H groups in total. The third-order valence-corrected chi connectivity index (χ3v) is 3.51. The van der Waals surface area contributed by atoms with Crippen LogP contribution in [-0.4, -0.2) is 6.54 Å². The van der Waals surface area contributed by atoms with Gasteiger partial charge in [0.15, 0.2) is 0 Å². The van der Waals surface area contributed by atoms with Crippen LogP contribution in [0, 0.1) is 6.92 Å². The first-order valence-electron chi connectivity index (χ1n) is 6.28. The number of anilines is 1. The van der Waals surface area contributed by atoms with E-state index in [-0.39, 0.29) is 0 Å². The van der Waals surface area contributed by atoms with Gasteiger partial charge in [-0.05, 0) is 36.5 Å². The highest BCUT2D eigenvalue weighted by atomic mass is 14.9. The first-order valence-corrected chi connectivity index (χ1v) is 6.28. The molecule has 86 valence electrons. The minimum atomic E-state index is 1.09. The summed E-state index contributed by atoms with van der Waals surface area (Å²) in [6.07, 6.45) is 2.44. The normalized spacial score (nSPS) is 13.9. The van der Waals surface area contributed by atoms with Crippen molar-refractivity contribution in [1.82, 2.24) is 0 Å². The van der Waals surface area contributed by atoms with Crippen LogP contribution in [0.25, 0.3) is 11.1 Å². The summed E-state index contributed by atoms with van der Waals surface area (Å²) in [6, 6.07) is 15.2. The zero-order chi connectivity index (χ0) is 11.7. The molecule has 0 atom stereocenters. The van der Waals surface area contributed by atoms with Crippen molar-refractivity contribution in [3.63, 3.8) is 0 Å². The Kier molecular flexibility index (Phi) is 2.60. The number of hydrogen-bond donors (Lipinski definition) is 1. The molecule has 0 aromatic heterocycles. The molecule has 1 aliphatic rings. The van der Waals surface area contributed by atoms with Gasteiger partial charge in [0.05, 0.1) is 0 Å². The molecule has 0 saturated carbocycles. The number of benzene rings is 2. The van der Waals surface area contributed by atoms with Crippen molar-refractivity contribution >= 4 is 5.69 Å². The average Bonchev–Trinajstić information content (AvgIpc) is 2.39. The average molecular weight is 223 g/mol. The van der Waals surface area contributed by atoms with E-state index in [0.717, 1.165) is 6.54 Å². The lowest BCUT2D eigenvalue weighted by Crippen LogP contribution is -2.12. The lowest BCUT2D eigenvalue weighted by Gasteiger charge is -2.22. The van der Waals surface area contributed by atoms with Crippen LogP contribution in [0.4, 0.5) is 5.69 Å². The van der Waals surface area contributed by atoms with Crippen molar-refractivity contribution in [2.45, 2.75) is 19.8 Å². The maximum Gasteiger partial charge on any atom is 0.0452 e. The largest absolute Gasteiger partial charge is 0.384 e. The van der Waals surface area contributed by atoms with Crippen LogP contribution >= 0.6 is 0 Å². The molecule has 0 spiro atoms. The molecular weight excluding hydrogens is 206 g/mol. The second kappa shape index (κ2) is 4.25. The summed E-state index contributed by atoms with van der Waals surface area (Å²) in [4.78, 5) is 0. The third-order valence-electron chi connectivity index (χ3n) is 3.51. The summed E-state index contributed by atoms with van der Waals surface area (Å²) in [7, 11) is 0. The molecule has 1 nitrogen and oxygen atoms in total. The summed E-state index contributed by atoms with van der Waals surface area (Å²) >= 11 is 0. The van der Waals surface area contributed by atoms with Gasteiger partial charge in [-0.15, -0.1) is 0 Å². The molecule has 0 unspecified atom stereocenters. The lowest BCUT2D eigenvalue weighted by atomic mass is 9.93. The van der Waals surface area contributed by atoms with E-state index < -0.39 is 0 Å². The third kappa shape index (κ3) is 1.82. The smallest absolute Gasteiger partial charge is 0.0452 e. The number of rotatable bonds is 1. The highest BCUT2D eigenvalue weighted by Crippen LogP contribution is 2.35. The first kappa shape index (κ1) is 10.4. The predicted molar refractivity (Wildman–Crippen MR) is 73.4 cm³/mol. The molecular formula is C16H17N. The number of nitrogens with one attached hydrogen (secondary N) is 1. The predicted octanol–water partition coefficient (Wildman–Crippen LogP) is 4.02. The van der Waals surface area contributed by atoms with E-state index in [1.54, 1.807) is 0 Å². The van der Waals surface area contributed by atoms with Crippen molar-refractivity contribution in [3.8, 4) is 11.1 Å². The summed E-state index contributed by atoms with van der Waals surface area (Å²) in [6.45, 7) is 3.27. The monoisotopic (exact) mass is 223 g/mol. The minimum absolute atomic E-state index is 1.09. The fraction of sp³-hybridized carbons (Fsp3) is 0.250. The van der Waals surface area contributed by atoms with E-state index in [4.69, 9.17) is 0 Å². The standard InChI is InChI=1S/C16H17N/c1-12-6-2-3-9-14(12)15-10-4-7-13-8-5-11-17-16(13)15/h2-4,6-7,9-10,17H,5,8,11H2,1H3. The molecule has 0 fully saturated rings.